The molecule has 0 heterocycles. The third-order valence-corrected chi connectivity index (χ3v) is 5.74. The zero-order chi connectivity index (χ0) is 21.6. The summed E-state index contributed by atoms with van der Waals surface area (Å²) in [6, 6.07) is 8.92. The van der Waals surface area contributed by atoms with Gasteiger partial charge in [0.25, 0.3) is 5.91 Å². The summed E-state index contributed by atoms with van der Waals surface area (Å²) >= 11 is 11.5. The molecule has 29 heavy (non-hydrogen) atoms. The van der Waals surface area contributed by atoms with Gasteiger partial charge in [-0.3, -0.25) is 9.59 Å². The molecule has 2 aromatic rings. The monoisotopic (exact) mass is 460 g/mol. The molecule has 0 aromatic heterocycles. The molecule has 2 N–H and O–H groups in total. The number of nitrogens with one attached hydrogen (secondary N) is 2. The Kier molecular flexibility index (Phi) is 7.86. The normalized spacial score (nSPS) is 11.0. The predicted octanol–water partition coefficient (Wildman–Crippen LogP) is 2.77. The highest BCUT2D eigenvalue weighted by Crippen LogP contribution is 2.25. The lowest BCUT2D eigenvalue weighted by Gasteiger charge is -2.11. The molecule has 11 heteroatoms. The van der Waals surface area contributed by atoms with Crippen LogP contribution in [0, 0.1) is 6.92 Å². The van der Waals surface area contributed by atoms with Gasteiger partial charge < -0.3 is 14.8 Å². The number of benzene rings is 2. The molecule has 0 saturated heterocycles. The van der Waals surface area contributed by atoms with Crippen LogP contribution >= 0.6 is 23.2 Å². The van der Waals surface area contributed by atoms with Gasteiger partial charge in [-0.1, -0.05) is 29.3 Å². The molecule has 0 aliphatic rings. The minimum Gasteiger partial charge on any atom is -0.495 e. The van der Waals surface area contributed by atoms with Crippen molar-refractivity contribution < 1.29 is 27.5 Å². The fraction of sp³-hybridized carbons (Fsp3) is 0.222. The lowest BCUT2D eigenvalue weighted by molar-refractivity contribution is -0.146. The number of ether oxygens (including phenoxy) is 2. The minimum absolute atomic E-state index is 0.0559. The molecule has 2 aromatic carbocycles. The first-order valence-corrected chi connectivity index (χ1v) is 10.4. The number of anilines is 1. The number of halogens is 2. The number of rotatable bonds is 8. The molecule has 0 saturated carbocycles. The van der Waals surface area contributed by atoms with Gasteiger partial charge in [0.1, 0.15) is 12.3 Å². The van der Waals surface area contributed by atoms with Crippen molar-refractivity contribution in [2.24, 2.45) is 0 Å². The molecule has 0 aliphatic heterocycles. The second kappa shape index (κ2) is 9.93. The molecule has 0 aliphatic carbocycles. The molecule has 8 nitrogen and oxygen atoms in total. The van der Waals surface area contributed by atoms with Crippen LogP contribution < -0.4 is 14.8 Å². The molecule has 0 bridgehead atoms. The van der Waals surface area contributed by atoms with Crippen LogP contribution in [-0.2, 0) is 24.3 Å². The molecule has 0 fully saturated rings. The standard InChI is InChI=1S/C18H18Cl2N2O6S/c1-11-3-6-16(27-2)15(7-11)22-17(23)10-28-18(24)9-21-29(25,26)12-4-5-13(19)14(20)8-12/h3-8,21H,9-10H2,1-2H3,(H,22,23). The summed E-state index contributed by atoms with van der Waals surface area (Å²) in [5.41, 5.74) is 1.32. The van der Waals surface area contributed by atoms with Gasteiger partial charge >= 0.3 is 5.97 Å². The quantitative estimate of drug-likeness (QED) is 0.585. The molecule has 156 valence electrons. The molecule has 2 rings (SSSR count). The van der Waals surface area contributed by atoms with Gasteiger partial charge in [0, 0.05) is 0 Å². The number of amides is 1. The number of methoxy groups -OCH3 is 1. The van der Waals surface area contributed by atoms with Crippen molar-refractivity contribution in [3.8, 4) is 5.75 Å². The molecule has 0 spiro atoms. The van der Waals surface area contributed by atoms with E-state index in [0.717, 1.165) is 11.6 Å². The van der Waals surface area contributed by atoms with Gasteiger partial charge in [0.05, 0.1) is 27.7 Å². The summed E-state index contributed by atoms with van der Waals surface area (Å²) < 4.78 is 36.3. The van der Waals surface area contributed by atoms with E-state index in [2.05, 4.69) is 10.0 Å². The maximum atomic E-state index is 12.2. The van der Waals surface area contributed by atoms with E-state index in [1.165, 1.54) is 19.2 Å². The molecule has 1 amide bonds. The van der Waals surface area contributed by atoms with Crippen molar-refractivity contribution in [3.63, 3.8) is 0 Å². The average Bonchev–Trinajstić information content (AvgIpc) is 2.67. The number of carbonyl (C=O) groups is 2. The topological polar surface area (TPSA) is 111 Å². The zero-order valence-electron chi connectivity index (χ0n) is 15.5. The summed E-state index contributed by atoms with van der Waals surface area (Å²) in [6.07, 6.45) is 0. The van der Waals surface area contributed by atoms with E-state index < -0.39 is 35.1 Å². The Balaban J connectivity index is 1.87. The zero-order valence-corrected chi connectivity index (χ0v) is 17.8. The first-order chi connectivity index (χ1) is 13.6. The van der Waals surface area contributed by atoms with Gasteiger partial charge in [-0.05, 0) is 42.8 Å². The lowest BCUT2D eigenvalue weighted by atomic mass is 10.2. The van der Waals surface area contributed by atoms with Crippen LogP contribution in [0.3, 0.4) is 0 Å². The summed E-state index contributed by atoms with van der Waals surface area (Å²) in [4.78, 5) is 23.6. The first kappa shape index (κ1) is 23.0. The highest BCUT2D eigenvalue weighted by Gasteiger charge is 2.18. The Morgan fingerprint density at radius 1 is 1.07 bits per heavy atom. The SMILES string of the molecule is COc1ccc(C)cc1NC(=O)COC(=O)CNS(=O)(=O)c1ccc(Cl)c(Cl)c1. The second-order valence-electron chi connectivity index (χ2n) is 5.81. The van der Waals surface area contributed by atoms with Crippen LogP contribution in [0.2, 0.25) is 10.0 Å². The molecule has 0 unspecified atom stereocenters. The van der Waals surface area contributed by atoms with Crippen molar-refractivity contribution in [1.29, 1.82) is 0 Å². The fourth-order valence-electron chi connectivity index (χ4n) is 2.18. The Morgan fingerprint density at radius 2 is 1.79 bits per heavy atom. The van der Waals surface area contributed by atoms with Crippen LogP contribution in [0.15, 0.2) is 41.3 Å². The fourth-order valence-corrected chi connectivity index (χ4v) is 3.54. The summed E-state index contributed by atoms with van der Waals surface area (Å²) in [5, 5.41) is 2.81. The number of carbonyl (C=O) groups excluding carboxylic acids is 2. The van der Waals surface area contributed by atoms with Crippen molar-refractivity contribution >= 4 is 50.8 Å². The van der Waals surface area contributed by atoms with Crippen molar-refractivity contribution in [2.75, 3.05) is 25.6 Å². The minimum atomic E-state index is -4.01. The van der Waals surface area contributed by atoms with Crippen molar-refractivity contribution in [1.82, 2.24) is 4.72 Å². The summed E-state index contributed by atoms with van der Waals surface area (Å²) in [7, 11) is -2.55. The summed E-state index contributed by atoms with van der Waals surface area (Å²) in [6.45, 7) is 0.586. The average molecular weight is 461 g/mol. The highest BCUT2D eigenvalue weighted by molar-refractivity contribution is 7.89. The van der Waals surface area contributed by atoms with Crippen LogP contribution in [0.5, 0.6) is 5.75 Å². The number of esters is 1. The number of hydrogen-bond acceptors (Lipinski definition) is 6. The predicted molar refractivity (Wildman–Crippen MR) is 109 cm³/mol. The second-order valence-corrected chi connectivity index (χ2v) is 8.39. The number of aryl methyl sites for hydroxylation is 1. The van der Waals surface area contributed by atoms with E-state index in [4.69, 9.17) is 32.7 Å². The van der Waals surface area contributed by atoms with Crippen LogP contribution in [-0.4, -0.2) is 40.6 Å². The number of sulfonamides is 1. The van der Waals surface area contributed by atoms with Crippen LogP contribution in [0.25, 0.3) is 0 Å². The van der Waals surface area contributed by atoms with Crippen molar-refractivity contribution in [3.05, 3.63) is 52.0 Å². The van der Waals surface area contributed by atoms with E-state index in [1.807, 2.05) is 13.0 Å². The Labute approximate surface area is 178 Å². The van der Waals surface area contributed by atoms with E-state index in [-0.39, 0.29) is 14.9 Å². The van der Waals surface area contributed by atoms with E-state index in [0.29, 0.717) is 11.4 Å². The largest absolute Gasteiger partial charge is 0.495 e. The molecule has 0 radical (unpaired) electrons. The van der Waals surface area contributed by atoms with Gasteiger partial charge in [-0.15, -0.1) is 0 Å². The third kappa shape index (κ3) is 6.60. The Morgan fingerprint density at radius 3 is 2.45 bits per heavy atom. The van der Waals surface area contributed by atoms with E-state index in [1.54, 1.807) is 12.1 Å². The smallest absolute Gasteiger partial charge is 0.321 e. The van der Waals surface area contributed by atoms with Crippen molar-refractivity contribution in [2.45, 2.75) is 11.8 Å². The lowest BCUT2D eigenvalue weighted by Crippen LogP contribution is -2.32. The third-order valence-electron chi connectivity index (χ3n) is 3.60. The van der Waals surface area contributed by atoms with Crippen LogP contribution in [0.1, 0.15) is 5.56 Å². The Bertz CT molecular complexity index is 1030. The van der Waals surface area contributed by atoms with E-state index >= 15 is 0 Å². The van der Waals surface area contributed by atoms with Gasteiger partial charge in [0.15, 0.2) is 6.61 Å². The van der Waals surface area contributed by atoms with Gasteiger partial charge in [-0.2, -0.15) is 4.72 Å². The Hall–Kier alpha value is -2.33. The van der Waals surface area contributed by atoms with E-state index in [9.17, 15) is 18.0 Å². The maximum absolute atomic E-state index is 12.2. The molecular formula is C18H18Cl2N2O6S. The van der Waals surface area contributed by atoms with Gasteiger partial charge in [-0.25, -0.2) is 8.42 Å². The maximum Gasteiger partial charge on any atom is 0.321 e. The van der Waals surface area contributed by atoms with Gasteiger partial charge in [0.2, 0.25) is 10.0 Å². The molecule has 0 atom stereocenters. The summed E-state index contributed by atoms with van der Waals surface area (Å²) in [5.74, 6) is -1.08. The van der Waals surface area contributed by atoms with Crippen LogP contribution in [0.4, 0.5) is 5.69 Å². The highest BCUT2D eigenvalue weighted by atomic mass is 35.5. The molecular weight excluding hydrogens is 443 g/mol. The first-order valence-electron chi connectivity index (χ1n) is 8.17. The number of hydrogen-bond donors (Lipinski definition) is 2.